The van der Waals surface area contributed by atoms with Gasteiger partial charge in [0.25, 0.3) is 0 Å². The Morgan fingerprint density at radius 1 is 1.29 bits per heavy atom. The molecule has 1 aliphatic rings. The van der Waals surface area contributed by atoms with Crippen molar-refractivity contribution < 1.29 is 0 Å². The van der Waals surface area contributed by atoms with E-state index < -0.39 is 0 Å². The maximum Gasteiger partial charge on any atom is 0.131 e. The molecule has 1 aromatic rings. The van der Waals surface area contributed by atoms with Crippen molar-refractivity contribution in [3.8, 4) is 0 Å². The number of rotatable bonds is 3. The average molecular weight is 253 g/mol. The minimum atomic E-state index is 0.580. The lowest BCUT2D eigenvalue weighted by Gasteiger charge is -2.35. The molecule has 0 bridgehead atoms. The van der Waals surface area contributed by atoms with E-state index in [0.717, 1.165) is 11.7 Å². The topological polar surface area (TPSA) is 16.1 Å². The minimum Gasteiger partial charge on any atom is -0.357 e. The maximum absolute atomic E-state index is 5.94. The van der Waals surface area contributed by atoms with Gasteiger partial charge in [0.15, 0.2) is 0 Å². The van der Waals surface area contributed by atoms with Crippen LogP contribution in [-0.2, 0) is 0 Å². The highest BCUT2D eigenvalue weighted by Crippen LogP contribution is 2.30. The van der Waals surface area contributed by atoms with Gasteiger partial charge in [-0.05, 0) is 43.7 Å². The molecule has 1 aromatic heterocycles. The van der Waals surface area contributed by atoms with Gasteiger partial charge in [0.05, 0.1) is 0 Å². The standard InChI is InChI=1S/C14H21ClN2/c1-3-11-7-9-12(10-8-11)17(2)14-6-4-5-13(15)16-14/h4-6,11-12H,3,7-10H2,1-2H3. The van der Waals surface area contributed by atoms with Crippen LogP contribution in [-0.4, -0.2) is 18.1 Å². The van der Waals surface area contributed by atoms with Gasteiger partial charge in [0.2, 0.25) is 0 Å². The summed E-state index contributed by atoms with van der Waals surface area (Å²) in [5.41, 5.74) is 0. The van der Waals surface area contributed by atoms with Crippen LogP contribution >= 0.6 is 11.6 Å². The Bertz CT molecular complexity index is 359. The second-order valence-corrected chi connectivity index (χ2v) is 5.40. The highest BCUT2D eigenvalue weighted by Gasteiger charge is 2.23. The maximum atomic E-state index is 5.94. The fourth-order valence-electron chi connectivity index (χ4n) is 2.72. The van der Waals surface area contributed by atoms with Crippen LogP contribution in [0.2, 0.25) is 5.15 Å². The molecule has 2 rings (SSSR count). The molecule has 94 valence electrons. The fraction of sp³-hybridized carbons (Fsp3) is 0.643. The predicted octanol–water partition coefficient (Wildman–Crippen LogP) is 4.14. The van der Waals surface area contributed by atoms with E-state index in [9.17, 15) is 0 Å². The largest absolute Gasteiger partial charge is 0.357 e. The van der Waals surface area contributed by atoms with Crippen LogP contribution in [0.3, 0.4) is 0 Å². The Labute approximate surface area is 109 Å². The van der Waals surface area contributed by atoms with Gasteiger partial charge in [-0.3, -0.25) is 0 Å². The Hall–Kier alpha value is -0.760. The fourth-order valence-corrected chi connectivity index (χ4v) is 2.88. The first-order chi connectivity index (χ1) is 8.20. The van der Waals surface area contributed by atoms with Gasteiger partial charge in [0, 0.05) is 13.1 Å². The van der Waals surface area contributed by atoms with Crippen molar-refractivity contribution in [2.24, 2.45) is 5.92 Å². The van der Waals surface area contributed by atoms with Crippen LogP contribution in [0.4, 0.5) is 5.82 Å². The normalized spacial score (nSPS) is 24.6. The Morgan fingerprint density at radius 2 is 2.00 bits per heavy atom. The zero-order valence-corrected chi connectivity index (χ0v) is 11.5. The summed E-state index contributed by atoms with van der Waals surface area (Å²) in [5.74, 6) is 1.93. The van der Waals surface area contributed by atoms with Crippen molar-refractivity contribution in [1.29, 1.82) is 0 Å². The van der Waals surface area contributed by atoms with Gasteiger partial charge in [-0.1, -0.05) is 31.0 Å². The molecule has 0 spiro atoms. The summed E-state index contributed by atoms with van der Waals surface area (Å²) in [5, 5.41) is 0.580. The molecule has 0 radical (unpaired) electrons. The second-order valence-electron chi connectivity index (χ2n) is 5.01. The molecule has 0 saturated heterocycles. The number of hydrogen-bond donors (Lipinski definition) is 0. The SMILES string of the molecule is CCC1CCC(N(C)c2cccc(Cl)n2)CC1. The number of aromatic nitrogens is 1. The van der Waals surface area contributed by atoms with Gasteiger partial charge in [-0.25, -0.2) is 4.98 Å². The van der Waals surface area contributed by atoms with Gasteiger partial charge in [-0.15, -0.1) is 0 Å². The highest BCUT2D eigenvalue weighted by molar-refractivity contribution is 6.29. The first-order valence-corrected chi connectivity index (χ1v) is 6.94. The molecule has 17 heavy (non-hydrogen) atoms. The minimum absolute atomic E-state index is 0.580. The van der Waals surface area contributed by atoms with Crippen LogP contribution in [0.1, 0.15) is 39.0 Å². The molecule has 1 heterocycles. The van der Waals surface area contributed by atoms with Crippen LogP contribution in [0, 0.1) is 5.92 Å². The van der Waals surface area contributed by atoms with E-state index in [4.69, 9.17) is 11.6 Å². The van der Waals surface area contributed by atoms with Crippen molar-refractivity contribution in [3.05, 3.63) is 23.4 Å². The van der Waals surface area contributed by atoms with Crippen LogP contribution in [0.15, 0.2) is 18.2 Å². The summed E-state index contributed by atoms with van der Waals surface area (Å²) < 4.78 is 0. The summed E-state index contributed by atoms with van der Waals surface area (Å²) in [6, 6.07) is 6.47. The van der Waals surface area contributed by atoms with E-state index in [2.05, 4.69) is 23.9 Å². The van der Waals surface area contributed by atoms with E-state index in [0.29, 0.717) is 11.2 Å². The molecule has 1 fully saturated rings. The first kappa shape index (κ1) is 12.7. The number of nitrogens with zero attached hydrogens (tertiary/aromatic N) is 2. The van der Waals surface area contributed by atoms with E-state index in [1.165, 1.54) is 32.1 Å². The zero-order chi connectivity index (χ0) is 12.3. The molecule has 0 aromatic carbocycles. The van der Waals surface area contributed by atoms with E-state index in [-0.39, 0.29) is 0 Å². The van der Waals surface area contributed by atoms with Crippen LogP contribution in [0.25, 0.3) is 0 Å². The van der Waals surface area contributed by atoms with Crippen LogP contribution in [0.5, 0.6) is 0 Å². The molecule has 2 nitrogen and oxygen atoms in total. The Balaban J connectivity index is 1.99. The lowest BCUT2D eigenvalue weighted by Crippen LogP contribution is -2.35. The van der Waals surface area contributed by atoms with Gasteiger partial charge in [0.1, 0.15) is 11.0 Å². The monoisotopic (exact) mass is 252 g/mol. The summed E-state index contributed by atoms with van der Waals surface area (Å²) in [6.45, 7) is 2.30. The molecule has 1 aliphatic carbocycles. The molecule has 0 N–H and O–H groups in total. The summed E-state index contributed by atoms with van der Waals surface area (Å²) in [7, 11) is 2.13. The lowest BCUT2D eigenvalue weighted by atomic mass is 9.84. The van der Waals surface area contributed by atoms with Crippen molar-refractivity contribution in [2.45, 2.75) is 45.1 Å². The number of anilines is 1. The number of pyridine rings is 1. The van der Waals surface area contributed by atoms with Gasteiger partial charge < -0.3 is 4.90 Å². The third kappa shape index (κ3) is 3.12. The summed E-state index contributed by atoms with van der Waals surface area (Å²) >= 11 is 5.94. The number of hydrogen-bond acceptors (Lipinski definition) is 2. The second kappa shape index (κ2) is 5.72. The van der Waals surface area contributed by atoms with Crippen LogP contribution < -0.4 is 4.90 Å². The molecule has 3 heteroatoms. The zero-order valence-electron chi connectivity index (χ0n) is 10.7. The molecule has 0 unspecified atom stereocenters. The number of halogens is 1. The lowest BCUT2D eigenvalue weighted by molar-refractivity contribution is 0.313. The summed E-state index contributed by atoms with van der Waals surface area (Å²) in [6.07, 6.45) is 6.59. The van der Waals surface area contributed by atoms with Crippen molar-refractivity contribution >= 4 is 17.4 Å². The van der Waals surface area contributed by atoms with Crippen molar-refractivity contribution in [1.82, 2.24) is 4.98 Å². The average Bonchev–Trinajstić information content (AvgIpc) is 2.38. The van der Waals surface area contributed by atoms with E-state index in [1.807, 2.05) is 18.2 Å². The van der Waals surface area contributed by atoms with E-state index in [1.54, 1.807) is 0 Å². The molecule has 0 atom stereocenters. The third-order valence-electron chi connectivity index (χ3n) is 4.00. The first-order valence-electron chi connectivity index (χ1n) is 6.56. The highest BCUT2D eigenvalue weighted by atomic mass is 35.5. The molecular weight excluding hydrogens is 232 g/mol. The van der Waals surface area contributed by atoms with Crippen molar-refractivity contribution in [2.75, 3.05) is 11.9 Å². The van der Waals surface area contributed by atoms with Crippen molar-refractivity contribution in [3.63, 3.8) is 0 Å². The summed E-state index contributed by atoms with van der Waals surface area (Å²) in [4.78, 5) is 6.67. The van der Waals surface area contributed by atoms with E-state index >= 15 is 0 Å². The van der Waals surface area contributed by atoms with Gasteiger partial charge in [-0.2, -0.15) is 0 Å². The van der Waals surface area contributed by atoms with Gasteiger partial charge >= 0.3 is 0 Å². The Morgan fingerprint density at radius 3 is 2.59 bits per heavy atom. The third-order valence-corrected chi connectivity index (χ3v) is 4.21. The molecular formula is C14H21ClN2. The predicted molar refractivity (Wildman–Crippen MR) is 73.7 cm³/mol. The molecule has 0 amide bonds. The smallest absolute Gasteiger partial charge is 0.131 e. The quantitative estimate of drug-likeness (QED) is 0.752. The molecule has 0 aliphatic heterocycles. The molecule has 1 saturated carbocycles. The Kier molecular flexibility index (Phi) is 4.27.